The number of hydrogen-bond acceptors (Lipinski definition) is 7. The molecular weight excluding hydrogens is 486 g/mol. The summed E-state index contributed by atoms with van der Waals surface area (Å²) < 4.78 is 29.1. The standard InChI is InChI=1S/C25H39N3O3S3/c1-6-8-20-16-26-23(15-17(20)3)34(30,31)28-13-11-19(12-14-28)24(29)21(7-2)22-10-9-18(4)27-25(32-5)33-22/h10,16-19,21H,6-9,11-15H2,1-5H3. The highest BCUT2D eigenvalue weighted by Gasteiger charge is 2.37. The van der Waals surface area contributed by atoms with Gasteiger partial charge in [-0.3, -0.25) is 9.79 Å². The SMILES string of the molecule is CCCC1=CN=C(S(=O)(=O)N2CCC(C(=O)C(CC)C3=CCC(C)N=C(SC)S3)CC2)CC1C. The predicted octanol–water partition coefficient (Wildman–Crippen LogP) is 5.87. The monoisotopic (exact) mass is 525 g/mol. The van der Waals surface area contributed by atoms with Gasteiger partial charge in [0, 0.05) is 37.5 Å². The Balaban J connectivity index is 1.65. The van der Waals surface area contributed by atoms with Gasteiger partial charge in [-0.2, -0.15) is 4.31 Å². The zero-order valence-electron chi connectivity index (χ0n) is 21.1. The average Bonchev–Trinajstić information content (AvgIpc) is 3.02. The van der Waals surface area contributed by atoms with E-state index in [-0.39, 0.29) is 34.6 Å². The van der Waals surface area contributed by atoms with Gasteiger partial charge in [0.2, 0.25) is 0 Å². The summed E-state index contributed by atoms with van der Waals surface area (Å²) in [7, 11) is -3.58. The summed E-state index contributed by atoms with van der Waals surface area (Å²) >= 11 is 3.27. The van der Waals surface area contributed by atoms with Crippen LogP contribution in [0.1, 0.15) is 72.6 Å². The van der Waals surface area contributed by atoms with Crippen LogP contribution in [-0.2, 0) is 14.8 Å². The Morgan fingerprint density at radius 2 is 1.97 bits per heavy atom. The molecule has 34 heavy (non-hydrogen) atoms. The number of allylic oxidation sites excluding steroid dienone is 2. The number of ketones is 1. The predicted molar refractivity (Wildman–Crippen MR) is 147 cm³/mol. The summed E-state index contributed by atoms with van der Waals surface area (Å²) in [4.78, 5) is 23.7. The third-order valence-corrected chi connectivity index (χ3v) is 11.1. The van der Waals surface area contributed by atoms with Gasteiger partial charge in [0.25, 0.3) is 10.0 Å². The lowest BCUT2D eigenvalue weighted by molar-refractivity contribution is -0.126. The van der Waals surface area contributed by atoms with Crippen LogP contribution in [0.5, 0.6) is 0 Å². The van der Waals surface area contributed by atoms with E-state index < -0.39 is 10.0 Å². The molecule has 0 bridgehead atoms. The Bertz CT molecular complexity index is 977. The summed E-state index contributed by atoms with van der Waals surface area (Å²) in [6, 6.07) is 0.229. The summed E-state index contributed by atoms with van der Waals surface area (Å²) in [6.45, 7) is 9.14. The van der Waals surface area contributed by atoms with Gasteiger partial charge >= 0.3 is 0 Å². The van der Waals surface area contributed by atoms with Crippen molar-refractivity contribution in [2.45, 2.75) is 78.7 Å². The van der Waals surface area contributed by atoms with Crippen molar-refractivity contribution in [2.75, 3.05) is 19.3 Å². The van der Waals surface area contributed by atoms with Gasteiger partial charge in [-0.1, -0.05) is 45.0 Å². The Morgan fingerprint density at radius 3 is 2.56 bits per heavy atom. The first-order chi connectivity index (χ1) is 16.2. The Hall–Kier alpha value is -0.900. The van der Waals surface area contributed by atoms with Crippen LogP contribution in [0.2, 0.25) is 0 Å². The molecule has 6 nitrogen and oxygen atoms in total. The normalized spacial score (nSPS) is 26.1. The third kappa shape index (κ3) is 6.45. The molecule has 0 amide bonds. The molecule has 0 aromatic heterocycles. The minimum Gasteiger partial charge on any atom is -0.299 e. The van der Waals surface area contributed by atoms with E-state index in [4.69, 9.17) is 4.99 Å². The second-order valence-electron chi connectivity index (χ2n) is 9.52. The highest BCUT2D eigenvalue weighted by molar-refractivity contribution is 8.40. The van der Waals surface area contributed by atoms with Gasteiger partial charge in [-0.05, 0) is 61.7 Å². The van der Waals surface area contributed by atoms with E-state index in [1.807, 2.05) is 6.26 Å². The molecule has 0 saturated carbocycles. The minimum absolute atomic E-state index is 0.100. The molecule has 0 spiro atoms. The molecule has 3 rings (SSSR count). The van der Waals surface area contributed by atoms with Crippen molar-refractivity contribution in [1.29, 1.82) is 0 Å². The molecule has 0 radical (unpaired) electrons. The van der Waals surface area contributed by atoms with Crippen molar-refractivity contribution in [3.8, 4) is 0 Å². The quantitative estimate of drug-likeness (QED) is 0.415. The second kappa shape index (κ2) is 12.4. The van der Waals surface area contributed by atoms with Crippen molar-refractivity contribution in [3.05, 3.63) is 22.8 Å². The Morgan fingerprint density at radius 1 is 1.26 bits per heavy atom. The van der Waals surface area contributed by atoms with Crippen LogP contribution in [-0.4, -0.2) is 53.3 Å². The average molecular weight is 526 g/mol. The molecule has 3 unspecified atom stereocenters. The molecule has 3 atom stereocenters. The number of sulfonamides is 1. The molecular formula is C25H39N3O3S3. The number of rotatable bonds is 7. The number of thioether (sulfide) groups is 2. The number of hydrogen-bond donors (Lipinski definition) is 0. The van der Waals surface area contributed by atoms with Gasteiger partial charge in [-0.25, -0.2) is 13.4 Å². The van der Waals surface area contributed by atoms with Gasteiger partial charge in [-0.15, -0.1) is 11.8 Å². The molecule has 0 aromatic carbocycles. The lowest BCUT2D eigenvalue weighted by Crippen LogP contribution is -2.44. The molecule has 0 aliphatic carbocycles. The van der Waals surface area contributed by atoms with Crippen LogP contribution < -0.4 is 0 Å². The van der Waals surface area contributed by atoms with Crippen LogP contribution in [0.3, 0.4) is 0 Å². The van der Waals surface area contributed by atoms with Gasteiger partial charge in [0.15, 0.2) is 0 Å². The zero-order valence-corrected chi connectivity index (χ0v) is 23.6. The molecule has 0 N–H and O–H groups in total. The van der Waals surface area contributed by atoms with Crippen molar-refractivity contribution in [3.63, 3.8) is 0 Å². The second-order valence-corrected chi connectivity index (χ2v) is 13.6. The lowest BCUT2D eigenvalue weighted by atomic mass is 9.84. The van der Waals surface area contributed by atoms with E-state index in [0.29, 0.717) is 32.4 Å². The maximum absolute atomic E-state index is 13.5. The van der Waals surface area contributed by atoms with E-state index in [1.165, 1.54) is 5.57 Å². The van der Waals surface area contributed by atoms with Gasteiger partial charge in [0.1, 0.15) is 15.2 Å². The highest BCUT2D eigenvalue weighted by Crippen LogP contribution is 2.38. The van der Waals surface area contributed by atoms with Crippen molar-refractivity contribution >= 4 is 48.7 Å². The number of carbonyl (C=O) groups excluding carboxylic acids is 1. The van der Waals surface area contributed by atoms with Crippen LogP contribution in [0.15, 0.2) is 32.7 Å². The van der Waals surface area contributed by atoms with E-state index in [1.54, 1.807) is 34.0 Å². The Labute approximate surface area is 214 Å². The van der Waals surface area contributed by atoms with E-state index in [2.05, 4.69) is 38.8 Å². The fraction of sp³-hybridized carbons (Fsp3) is 0.720. The van der Waals surface area contributed by atoms with Crippen LogP contribution in [0.25, 0.3) is 0 Å². The first kappa shape index (κ1) is 27.7. The lowest BCUT2D eigenvalue weighted by Gasteiger charge is -2.33. The van der Waals surface area contributed by atoms with Crippen LogP contribution in [0, 0.1) is 17.8 Å². The molecule has 3 aliphatic rings. The van der Waals surface area contributed by atoms with E-state index in [0.717, 1.165) is 35.0 Å². The molecule has 1 fully saturated rings. The number of aliphatic imine (C=N–C) groups is 2. The molecule has 1 saturated heterocycles. The van der Waals surface area contributed by atoms with Crippen molar-refractivity contribution in [1.82, 2.24) is 4.31 Å². The Kier molecular flexibility index (Phi) is 10.1. The molecule has 3 aliphatic heterocycles. The molecule has 0 aromatic rings. The minimum atomic E-state index is -3.58. The summed E-state index contributed by atoms with van der Waals surface area (Å²) in [6.07, 6.45) is 11.2. The number of carbonyl (C=O) groups is 1. The number of Topliss-reactive ketones (excluding diaryl/α,β-unsaturated/α-hetero) is 1. The first-order valence-corrected chi connectivity index (χ1v) is 16.0. The van der Waals surface area contributed by atoms with Crippen LogP contribution >= 0.6 is 23.5 Å². The summed E-state index contributed by atoms with van der Waals surface area (Å²) in [5, 5.41) is 0.272. The van der Waals surface area contributed by atoms with E-state index >= 15 is 0 Å². The number of nitrogens with zero attached hydrogens (tertiary/aromatic N) is 3. The van der Waals surface area contributed by atoms with E-state index in [9.17, 15) is 13.2 Å². The first-order valence-electron chi connectivity index (χ1n) is 12.5. The number of piperidine rings is 1. The van der Waals surface area contributed by atoms with Crippen molar-refractivity contribution < 1.29 is 13.2 Å². The maximum Gasteiger partial charge on any atom is 0.256 e. The summed E-state index contributed by atoms with van der Waals surface area (Å²) in [5.74, 6) is 0.224. The largest absolute Gasteiger partial charge is 0.299 e. The smallest absolute Gasteiger partial charge is 0.256 e. The van der Waals surface area contributed by atoms with Gasteiger partial charge in [0.05, 0.1) is 6.04 Å². The molecule has 3 heterocycles. The molecule has 190 valence electrons. The fourth-order valence-electron chi connectivity index (χ4n) is 4.85. The topological polar surface area (TPSA) is 79.2 Å². The highest BCUT2D eigenvalue weighted by atomic mass is 32.2. The zero-order chi connectivity index (χ0) is 24.9. The maximum atomic E-state index is 13.5. The van der Waals surface area contributed by atoms with Gasteiger partial charge < -0.3 is 0 Å². The fourth-order valence-corrected chi connectivity index (χ4v) is 8.43. The van der Waals surface area contributed by atoms with Crippen LogP contribution in [0.4, 0.5) is 0 Å². The molecule has 9 heteroatoms. The van der Waals surface area contributed by atoms with Crippen molar-refractivity contribution in [2.24, 2.45) is 27.7 Å². The summed E-state index contributed by atoms with van der Waals surface area (Å²) in [5.41, 5.74) is 1.23. The third-order valence-electron chi connectivity index (χ3n) is 6.98.